The molecule has 0 radical (unpaired) electrons. The van der Waals surface area contributed by atoms with Crippen LogP contribution < -0.4 is 30.3 Å². The zero-order valence-electron chi connectivity index (χ0n) is 23.1. The van der Waals surface area contributed by atoms with Crippen molar-refractivity contribution < 1.29 is 28.6 Å². The molecule has 10 heteroatoms. The van der Waals surface area contributed by atoms with Gasteiger partial charge in [-0.1, -0.05) is 31.5 Å². The van der Waals surface area contributed by atoms with Crippen LogP contribution in [0.4, 0.5) is 11.4 Å². The van der Waals surface area contributed by atoms with Crippen LogP contribution in [0.1, 0.15) is 36.5 Å². The standard InChI is InChI=1S/C30H34N4O6/c1-5-6-16-39-24-13-11-23(12-14-24)32-29(36)30(37)34-31-18-22-10-15-25(26(17-22)38-4)40-19-27(35)33-28-20(2)8-7-9-21(28)3/h7-15,17-18H,5-6,16,19H2,1-4H3,(H,32,36)(H,33,35)(H,34,37)/b31-18-. The third kappa shape index (κ3) is 8.87. The molecule has 0 bridgehead atoms. The molecule has 0 aliphatic carbocycles. The number of aryl methyl sites for hydroxylation is 2. The number of rotatable bonds is 12. The largest absolute Gasteiger partial charge is 0.494 e. The molecule has 3 N–H and O–H groups in total. The molecule has 3 aromatic rings. The number of unbranched alkanes of at least 4 members (excludes halogenated alkanes) is 1. The fourth-order valence-corrected chi connectivity index (χ4v) is 3.59. The highest BCUT2D eigenvalue weighted by Crippen LogP contribution is 2.28. The molecule has 0 unspecified atom stereocenters. The van der Waals surface area contributed by atoms with Crippen molar-refractivity contribution in [1.29, 1.82) is 0 Å². The molecule has 10 nitrogen and oxygen atoms in total. The van der Waals surface area contributed by atoms with Crippen molar-refractivity contribution >= 4 is 35.3 Å². The van der Waals surface area contributed by atoms with Gasteiger partial charge in [-0.2, -0.15) is 5.10 Å². The van der Waals surface area contributed by atoms with Gasteiger partial charge in [0.25, 0.3) is 5.91 Å². The maximum atomic E-state index is 12.4. The van der Waals surface area contributed by atoms with Gasteiger partial charge in [0, 0.05) is 11.4 Å². The Morgan fingerprint density at radius 1 is 0.875 bits per heavy atom. The Kier molecular flexibility index (Phi) is 11.1. The van der Waals surface area contributed by atoms with Gasteiger partial charge in [0.05, 0.1) is 19.9 Å². The number of hydrazone groups is 1. The van der Waals surface area contributed by atoms with Crippen LogP contribution in [0.5, 0.6) is 17.2 Å². The van der Waals surface area contributed by atoms with Gasteiger partial charge >= 0.3 is 11.8 Å². The van der Waals surface area contributed by atoms with Gasteiger partial charge in [-0.3, -0.25) is 14.4 Å². The maximum Gasteiger partial charge on any atom is 0.329 e. The van der Waals surface area contributed by atoms with Crippen LogP contribution in [0.2, 0.25) is 0 Å². The molecule has 0 aromatic heterocycles. The second kappa shape index (κ2) is 14.9. The van der Waals surface area contributed by atoms with E-state index in [1.807, 2.05) is 32.0 Å². The smallest absolute Gasteiger partial charge is 0.329 e. The average molecular weight is 547 g/mol. The molecule has 0 fully saturated rings. The molecule has 0 atom stereocenters. The van der Waals surface area contributed by atoms with Crippen molar-refractivity contribution in [3.63, 3.8) is 0 Å². The number of hydrogen-bond acceptors (Lipinski definition) is 7. The van der Waals surface area contributed by atoms with E-state index in [1.54, 1.807) is 42.5 Å². The summed E-state index contributed by atoms with van der Waals surface area (Å²) in [6.45, 7) is 6.33. The summed E-state index contributed by atoms with van der Waals surface area (Å²) in [5, 5.41) is 9.21. The summed E-state index contributed by atoms with van der Waals surface area (Å²) < 4.78 is 16.6. The van der Waals surface area contributed by atoms with E-state index in [0.717, 1.165) is 29.7 Å². The summed E-state index contributed by atoms with van der Waals surface area (Å²) in [7, 11) is 1.47. The highest BCUT2D eigenvalue weighted by atomic mass is 16.5. The molecule has 3 amide bonds. The quantitative estimate of drug-likeness (QED) is 0.132. The summed E-state index contributed by atoms with van der Waals surface area (Å²) in [5.41, 5.74) is 5.90. The van der Waals surface area contributed by atoms with Gasteiger partial charge in [0.15, 0.2) is 18.1 Å². The number of hydrogen-bond donors (Lipinski definition) is 3. The first-order valence-electron chi connectivity index (χ1n) is 12.8. The molecule has 0 heterocycles. The number of carbonyl (C=O) groups is 3. The van der Waals surface area contributed by atoms with Gasteiger partial charge < -0.3 is 24.8 Å². The van der Waals surface area contributed by atoms with Crippen LogP contribution in [0, 0.1) is 13.8 Å². The first-order chi connectivity index (χ1) is 19.3. The van der Waals surface area contributed by atoms with Crippen molar-refractivity contribution in [2.45, 2.75) is 33.6 Å². The molecule has 0 saturated heterocycles. The van der Waals surface area contributed by atoms with E-state index in [-0.39, 0.29) is 12.5 Å². The summed E-state index contributed by atoms with van der Waals surface area (Å²) >= 11 is 0. The number of nitrogens with one attached hydrogen (secondary N) is 3. The molecular formula is C30H34N4O6. The molecular weight excluding hydrogens is 512 g/mol. The van der Waals surface area contributed by atoms with Crippen molar-refractivity contribution in [1.82, 2.24) is 5.43 Å². The Morgan fingerprint density at radius 2 is 1.60 bits per heavy atom. The first kappa shape index (κ1) is 29.7. The lowest BCUT2D eigenvalue weighted by Gasteiger charge is -2.13. The second-order valence-corrected chi connectivity index (χ2v) is 8.89. The van der Waals surface area contributed by atoms with Gasteiger partial charge in [-0.15, -0.1) is 0 Å². The highest BCUT2D eigenvalue weighted by molar-refractivity contribution is 6.39. The molecule has 0 spiro atoms. The normalized spacial score (nSPS) is 10.6. The lowest BCUT2D eigenvalue weighted by Crippen LogP contribution is -2.32. The van der Waals surface area contributed by atoms with Crippen molar-refractivity contribution in [3.05, 3.63) is 77.4 Å². The Bertz CT molecular complexity index is 1330. The van der Waals surface area contributed by atoms with Crippen LogP contribution in [0.3, 0.4) is 0 Å². The predicted molar refractivity (Wildman–Crippen MR) is 154 cm³/mol. The second-order valence-electron chi connectivity index (χ2n) is 8.89. The van der Waals surface area contributed by atoms with Crippen molar-refractivity contribution in [2.24, 2.45) is 5.10 Å². The molecule has 210 valence electrons. The highest BCUT2D eigenvalue weighted by Gasteiger charge is 2.14. The van der Waals surface area contributed by atoms with E-state index in [4.69, 9.17) is 14.2 Å². The molecule has 40 heavy (non-hydrogen) atoms. The van der Waals surface area contributed by atoms with Gasteiger partial charge in [-0.25, -0.2) is 5.43 Å². The number of carbonyl (C=O) groups excluding carboxylic acids is 3. The van der Waals surface area contributed by atoms with Gasteiger partial charge in [0.2, 0.25) is 0 Å². The van der Waals surface area contributed by atoms with E-state index in [2.05, 4.69) is 28.1 Å². The number of para-hydroxylation sites is 1. The Labute approximate surface area is 233 Å². The van der Waals surface area contributed by atoms with E-state index in [0.29, 0.717) is 35.1 Å². The maximum absolute atomic E-state index is 12.4. The topological polar surface area (TPSA) is 127 Å². The van der Waals surface area contributed by atoms with Crippen molar-refractivity contribution in [2.75, 3.05) is 31.0 Å². The lowest BCUT2D eigenvalue weighted by molar-refractivity contribution is -0.136. The molecule has 0 aliphatic heterocycles. The number of nitrogens with zero attached hydrogens (tertiary/aromatic N) is 1. The molecule has 0 aliphatic rings. The van der Waals surface area contributed by atoms with E-state index < -0.39 is 11.8 Å². The van der Waals surface area contributed by atoms with E-state index >= 15 is 0 Å². The third-order valence-corrected chi connectivity index (χ3v) is 5.76. The Morgan fingerprint density at radius 3 is 2.27 bits per heavy atom. The summed E-state index contributed by atoms with van der Waals surface area (Å²) in [6, 6.07) is 17.4. The number of methoxy groups -OCH3 is 1. The fourth-order valence-electron chi connectivity index (χ4n) is 3.59. The van der Waals surface area contributed by atoms with Crippen LogP contribution in [0.25, 0.3) is 0 Å². The number of ether oxygens (including phenoxy) is 3. The monoisotopic (exact) mass is 546 g/mol. The minimum atomic E-state index is -0.929. The molecule has 3 rings (SSSR count). The Balaban J connectivity index is 1.49. The minimum Gasteiger partial charge on any atom is -0.494 e. The minimum absolute atomic E-state index is 0.211. The lowest BCUT2D eigenvalue weighted by atomic mass is 10.1. The predicted octanol–water partition coefficient (Wildman–Crippen LogP) is 4.60. The summed E-state index contributed by atoms with van der Waals surface area (Å²) in [5.74, 6) is -0.676. The Hall–Kier alpha value is -4.86. The van der Waals surface area contributed by atoms with E-state index in [1.165, 1.54) is 13.3 Å². The first-order valence-corrected chi connectivity index (χ1v) is 12.8. The summed E-state index contributed by atoms with van der Waals surface area (Å²) in [4.78, 5) is 36.7. The average Bonchev–Trinajstić information content (AvgIpc) is 2.95. The molecule has 0 saturated carbocycles. The van der Waals surface area contributed by atoms with Crippen LogP contribution >= 0.6 is 0 Å². The van der Waals surface area contributed by atoms with Crippen LogP contribution in [-0.2, 0) is 14.4 Å². The van der Waals surface area contributed by atoms with Crippen molar-refractivity contribution in [3.8, 4) is 17.2 Å². The van der Waals surface area contributed by atoms with Crippen LogP contribution in [-0.4, -0.2) is 44.3 Å². The SMILES string of the molecule is CCCCOc1ccc(NC(=O)C(=O)N/N=C\c2ccc(OCC(=O)Nc3c(C)cccc3C)c(OC)c2)cc1. The number of anilines is 2. The number of amides is 3. The zero-order chi connectivity index (χ0) is 28.9. The molecule has 3 aromatic carbocycles. The van der Waals surface area contributed by atoms with E-state index in [9.17, 15) is 14.4 Å². The van der Waals surface area contributed by atoms with Gasteiger partial charge in [-0.05, 0) is 79.4 Å². The fraction of sp³-hybridized carbons (Fsp3) is 0.267. The third-order valence-electron chi connectivity index (χ3n) is 5.76. The van der Waals surface area contributed by atoms with Crippen LogP contribution in [0.15, 0.2) is 65.8 Å². The zero-order valence-corrected chi connectivity index (χ0v) is 23.1. The van der Waals surface area contributed by atoms with Gasteiger partial charge in [0.1, 0.15) is 5.75 Å². The number of benzene rings is 3. The summed E-state index contributed by atoms with van der Waals surface area (Å²) in [6.07, 6.45) is 3.35.